The lowest BCUT2D eigenvalue weighted by Crippen LogP contribution is -2.01. The van der Waals surface area contributed by atoms with Crippen molar-refractivity contribution in [3.8, 4) is 5.75 Å². The molecule has 0 aliphatic rings. The van der Waals surface area contributed by atoms with Crippen LogP contribution < -0.4 is 4.74 Å². The second-order valence-corrected chi connectivity index (χ2v) is 3.27. The summed E-state index contributed by atoms with van der Waals surface area (Å²) in [6.07, 6.45) is 2.92. The zero-order valence-corrected chi connectivity index (χ0v) is 9.76. The summed E-state index contributed by atoms with van der Waals surface area (Å²) in [6.45, 7) is 2.38. The predicted molar refractivity (Wildman–Crippen MR) is 63.6 cm³/mol. The number of carbonyl (C=O) groups is 1. The molecule has 0 unspecified atom stereocenters. The first-order valence-electron chi connectivity index (χ1n) is 5.42. The van der Waals surface area contributed by atoms with E-state index in [1.54, 1.807) is 37.3 Å². The molecule has 0 fully saturated rings. The number of ether oxygens (including phenoxy) is 2. The highest BCUT2D eigenvalue weighted by Gasteiger charge is 1.95. The van der Waals surface area contributed by atoms with E-state index < -0.39 is 0 Å². The second kappa shape index (κ2) is 7.46. The van der Waals surface area contributed by atoms with Gasteiger partial charge in [-0.15, -0.1) is 0 Å². The Morgan fingerprint density at radius 1 is 1.47 bits per heavy atom. The monoisotopic (exact) mass is 236 g/mol. The van der Waals surface area contributed by atoms with Crippen LogP contribution in [0, 0.1) is 0 Å². The molecule has 0 aromatic heterocycles. The zero-order valence-electron chi connectivity index (χ0n) is 9.76. The molecule has 1 aromatic carbocycles. The van der Waals surface area contributed by atoms with Crippen molar-refractivity contribution in [3.63, 3.8) is 0 Å². The molecule has 1 aromatic rings. The molecule has 0 bridgehead atoms. The van der Waals surface area contributed by atoms with Gasteiger partial charge >= 0.3 is 5.97 Å². The summed E-state index contributed by atoms with van der Waals surface area (Å²) >= 11 is 0. The van der Waals surface area contributed by atoms with Crippen molar-refractivity contribution in [2.45, 2.75) is 13.5 Å². The highest BCUT2D eigenvalue weighted by Crippen LogP contribution is 2.12. The predicted octanol–water partition coefficient (Wildman–Crippen LogP) is 1.68. The largest absolute Gasteiger partial charge is 0.490 e. The van der Waals surface area contributed by atoms with Crippen molar-refractivity contribution >= 4 is 5.97 Å². The number of hydrogen-bond acceptors (Lipinski definition) is 4. The van der Waals surface area contributed by atoms with E-state index in [1.165, 1.54) is 6.08 Å². The molecular weight excluding hydrogens is 220 g/mol. The molecule has 0 saturated carbocycles. The number of carbonyl (C=O) groups excluding carboxylic acids is 1. The average Bonchev–Trinajstić information content (AvgIpc) is 2.35. The van der Waals surface area contributed by atoms with E-state index in [0.717, 1.165) is 5.56 Å². The summed E-state index contributed by atoms with van der Waals surface area (Å²) in [7, 11) is 0. The number of benzene rings is 1. The minimum atomic E-state index is -0.375. The Morgan fingerprint density at radius 2 is 2.29 bits per heavy atom. The number of hydrogen-bond donors (Lipinski definition) is 1. The van der Waals surface area contributed by atoms with Crippen LogP contribution in [0.4, 0.5) is 0 Å². The molecule has 1 N–H and O–H groups in total. The van der Waals surface area contributed by atoms with Crippen molar-refractivity contribution in [2.75, 3.05) is 13.2 Å². The van der Waals surface area contributed by atoms with Crippen molar-refractivity contribution in [2.24, 2.45) is 0 Å². The van der Waals surface area contributed by atoms with Crippen molar-refractivity contribution in [3.05, 3.63) is 42.0 Å². The van der Waals surface area contributed by atoms with Gasteiger partial charge in [0.15, 0.2) is 0 Å². The van der Waals surface area contributed by atoms with Crippen LogP contribution in [0.2, 0.25) is 0 Å². The maximum absolute atomic E-state index is 11.0. The Hall–Kier alpha value is -1.81. The average molecular weight is 236 g/mol. The molecule has 0 heterocycles. The molecule has 92 valence electrons. The fourth-order valence-corrected chi connectivity index (χ4v) is 1.21. The number of rotatable bonds is 6. The molecule has 0 aliphatic carbocycles. The Morgan fingerprint density at radius 3 is 3.00 bits per heavy atom. The van der Waals surface area contributed by atoms with Gasteiger partial charge in [0.1, 0.15) is 12.4 Å². The second-order valence-electron chi connectivity index (χ2n) is 3.27. The number of aliphatic hydroxyl groups excluding tert-OH is 1. The summed E-state index contributed by atoms with van der Waals surface area (Å²) in [5.41, 5.74) is 0.789. The van der Waals surface area contributed by atoms with Crippen LogP contribution in [-0.4, -0.2) is 24.3 Å². The first-order chi connectivity index (χ1) is 8.26. The lowest BCUT2D eigenvalue weighted by Gasteiger charge is -2.04. The van der Waals surface area contributed by atoms with E-state index in [9.17, 15) is 4.79 Å². The van der Waals surface area contributed by atoms with Gasteiger partial charge in [0.2, 0.25) is 0 Å². The SMILES string of the molecule is CCOC(=O)/C=C/COc1cccc(CO)c1. The van der Waals surface area contributed by atoms with Crippen LogP contribution in [0.5, 0.6) is 5.75 Å². The van der Waals surface area contributed by atoms with Crippen LogP contribution in [-0.2, 0) is 16.1 Å². The van der Waals surface area contributed by atoms with Crippen molar-refractivity contribution in [1.82, 2.24) is 0 Å². The van der Waals surface area contributed by atoms with E-state index in [-0.39, 0.29) is 19.2 Å². The van der Waals surface area contributed by atoms with E-state index in [1.807, 2.05) is 0 Å². The lowest BCUT2D eigenvalue weighted by atomic mass is 10.2. The highest BCUT2D eigenvalue weighted by molar-refractivity contribution is 5.81. The maximum atomic E-state index is 11.0. The highest BCUT2D eigenvalue weighted by atomic mass is 16.5. The third kappa shape index (κ3) is 5.17. The minimum absolute atomic E-state index is 0.0180. The van der Waals surface area contributed by atoms with E-state index in [4.69, 9.17) is 14.6 Å². The summed E-state index contributed by atoms with van der Waals surface area (Å²) in [5.74, 6) is 0.283. The van der Waals surface area contributed by atoms with E-state index >= 15 is 0 Å². The van der Waals surface area contributed by atoms with E-state index in [2.05, 4.69) is 0 Å². The molecule has 1 rings (SSSR count). The van der Waals surface area contributed by atoms with Gasteiger partial charge < -0.3 is 14.6 Å². The third-order valence-corrected chi connectivity index (χ3v) is 1.97. The first kappa shape index (κ1) is 13.3. The molecule has 17 heavy (non-hydrogen) atoms. The van der Waals surface area contributed by atoms with Crippen LogP contribution in [0.15, 0.2) is 36.4 Å². The molecule has 4 nitrogen and oxygen atoms in total. The molecule has 4 heteroatoms. The quantitative estimate of drug-likeness (QED) is 0.603. The first-order valence-corrected chi connectivity index (χ1v) is 5.42. The summed E-state index contributed by atoms with van der Waals surface area (Å²) in [6, 6.07) is 7.15. The Labute approximate surface area is 100 Å². The molecular formula is C13H16O4. The van der Waals surface area contributed by atoms with Crippen LogP contribution in [0.1, 0.15) is 12.5 Å². The van der Waals surface area contributed by atoms with Gasteiger partial charge in [-0.2, -0.15) is 0 Å². The van der Waals surface area contributed by atoms with Crippen LogP contribution in [0.25, 0.3) is 0 Å². The summed E-state index contributed by atoms with van der Waals surface area (Å²) < 4.78 is 10.1. The minimum Gasteiger partial charge on any atom is -0.490 e. The van der Waals surface area contributed by atoms with Crippen molar-refractivity contribution < 1.29 is 19.4 Å². The lowest BCUT2D eigenvalue weighted by molar-refractivity contribution is -0.137. The van der Waals surface area contributed by atoms with Gasteiger partial charge in [-0.25, -0.2) is 4.79 Å². The van der Waals surface area contributed by atoms with Gasteiger partial charge in [-0.3, -0.25) is 0 Å². The Balaban J connectivity index is 2.37. The molecule has 0 amide bonds. The number of esters is 1. The molecule has 0 radical (unpaired) electrons. The summed E-state index contributed by atoms with van der Waals surface area (Å²) in [5, 5.41) is 8.93. The normalized spacial score (nSPS) is 10.5. The molecule has 0 atom stereocenters. The van der Waals surface area contributed by atoms with Gasteiger partial charge in [0.25, 0.3) is 0 Å². The van der Waals surface area contributed by atoms with Gasteiger partial charge in [-0.1, -0.05) is 12.1 Å². The standard InChI is InChI=1S/C13H16O4/c1-2-16-13(15)7-4-8-17-12-6-3-5-11(9-12)10-14/h3-7,9,14H,2,8,10H2,1H3/b7-4+. The Bertz CT molecular complexity index is 385. The number of aliphatic hydroxyl groups is 1. The third-order valence-electron chi connectivity index (χ3n) is 1.97. The topological polar surface area (TPSA) is 55.8 Å². The van der Waals surface area contributed by atoms with Gasteiger partial charge in [0.05, 0.1) is 13.2 Å². The van der Waals surface area contributed by atoms with Gasteiger partial charge in [-0.05, 0) is 30.7 Å². The van der Waals surface area contributed by atoms with Crippen LogP contribution >= 0.6 is 0 Å². The molecule has 0 aliphatic heterocycles. The molecule has 0 spiro atoms. The maximum Gasteiger partial charge on any atom is 0.330 e. The van der Waals surface area contributed by atoms with Crippen LogP contribution in [0.3, 0.4) is 0 Å². The van der Waals surface area contributed by atoms with Crippen molar-refractivity contribution in [1.29, 1.82) is 0 Å². The molecule has 0 saturated heterocycles. The van der Waals surface area contributed by atoms with Gasteiger partial charge in [0, 0.05) is 6.08 Å². The smallest absolute Gasteiger partial charge is 0.330 e. The zero-order chi connectivity index (χ0) is 12.5. The Kier molecular flexibility index (Phi) is 5.82. The fraction of sp³-hybridized carbons (Fsp3) is 0.308. The summed E-state index contributed by atoms with van der Waals surface area (Å²) in [4.78, 5) is 11.0. The fourth-order valence-electron chi connectivity index (χ4n) is 1.21. The van der Waals surface area contributed by atoms with E-state index in [0.29, 0.717) is 12.4 Å².